The molecular weight excluding hydrogens is 386 g/mol. The number of urea groups is 1. The van der Waals surface area contributed by atoms with E-state index in [0.717, 1.165) is 12.8 Å². The first kappa shape index (κ1) is 19.8. The molecule has 1 saturated heterocycles. The highest BCUT2D eigenvalue weighted by Gasteiger charge is 2.47. The van der Waals surface area contributed by atoms with Crippen molar-refractivity contribution in [2.45, 2.75) is 31.7 Å². The molecule has 2 aliphatic rings. The molecule has 0 bridgehead atoms. The van der Waals surface area contributed by atoms with Crippen molar-refractivity contribution in [3.05, 3.63) is 70.3 Å². The van der Waals surface area contributed by atoms with Crippen LogP contribution in [0.5, 0.6) is 0 Å². The topological polar surface area (TPSA) is 101 Å². The van der Waals surface area contributed by atoms with Crippen molar-refractivity contribution in [3.8, 4) is 0 Å². The number of nitro groups is 1. The number of para-hydroxylation sites is 1. The van der Waals surface area contributed by atoms with Gasteiger partial charge in [-0.1, -0.05) is 31.0 Å². The smallest absolute Gasteiger partial charge is 0.312 e. The molecule has 2 unspecified atom stereocenters. The number of ketones is 1. The van der Waals surface area contributed by atoms with Crippen LogP contribution in [0.3, 0.4) is 0 Å². The van der Waals surface area contributed by atoms with Crippen molar-refractivity contribution < 1.29 is 19.3 Å². The number of benzene rings is 2. The van der Waals surface area contributed by atoms with Crippen LogP contribution in [0, 0.1) is 16.0 Å². The Morgan fingerprint density at radius 3 is 2.33 bits per heavy atom. The highest BCUT2D eigenvalue weighted by atomic mass is 16.6. The molecule has 154 valence electrons. The quantitative estimate of drug-likeness (QED) is 0.426. The molecule has 2 aromatic carbocycles. The number of nitrogens with zero attached hydrogens (tertiary/aromatic N) is 3. The summed E-state index contributed by atoms with van der Waals surface area (Å²) in [5.41, 5.74) is 0.682. The van der Waals surface area contributed by atoms with Gasteiger partial charge in [-0.25, -0.2) is 9.69 Å². The monoisotopic (exact) mass is 407 g/mol. The fourth-order valence-electron chi connectivity index (χ4n) is 4.32. The average Bonchev–Trinajstić information content (AvgIpc) is 2.77. The lowest BCUT2D eigenvalue weighted by atomic mass is 9.81. The van der Waals surface area contributed by atoms with Gasteiger partial charge in [0.2, 0.25) is 5.91 Å². The number of hydrogen-bond acceptors (Lipinski definition) is 5. The second kappa shape index (κ2) is 8.06. The van der Waals surface area contributed by atoms with Gasteiger partial charge in [0.1, 0.15) is 0 Å². The Labute approximate surface area is 173 Å². The third-order valence-electron chi connectivity index (χ3n) is 5.83. The van der Waals surface area contributed by atoms with Gasteiger partial charge in [-0.2, -0.15) is 0 Å². The third kappa shape index (κ3) is 3.56. The summed E-state index contributed by atoms with van der Waals surface area (Å²) >= 11 is 0. The summed E-state index contributed by atoms with van der Waals surface area (Å²) in [6.45, 7) is -0.172. The normalized spacial score (nSPS) is 21.3. The molecule has 1 aliphatic carbocycles. The van der Waals surface area contributed by atoms with E-state index in [4.69, 9.17) is 0 Å². The van der Waals surface area contributed by atoms with Crippen molar-refractivity contribution in [3.63, 3.8) is 0 Å². The Morgan fingerprint density at radius 2 is 1.67 bits per heavy atom. The van der Waals surface area contributed by atoms with Crippen molar-refractivity contribution in [2.24, 2.45) is 5.92 Å². The molecule has 3 amide bonds. The number of imide groups is 1. The van der Waals surface area contributed by atoms with Gasteiger partial charge in [0.25, 0.3) is 5.69 Å². The van der Waals surface area contributed by atoms with Gasteiger partial charge in [-0.05, 0) is 37.1 Å². The number of nitro benzene ring substituents is 1. The minimum Gasteiger partial charge on any atom is -0.312 e. The lowest BCUT2D eigenvalue weighted by Gasteiger charge is -2.46. The molecule has 30 heavy (non-hydrogen) atoms. The number of carbonyl (C=O) groups excluding carboxylic acids is 3. The summed E-state index contributed by atoms with van der Waals surface area (Å²) in [5, 5.41) is 10.8. The Bertz CT molecular complexity index is 990. The standard InChI is InChI=1S/C22H21N3O5/c26-20(15-10-12-17(13-11-15)25(29)30)14-23-19-9-5-4-8-18(19)21(27)24(22(23)28)16-6-2-1-3-7-16/h1-3,6-7,10-13,18-19H,4-5,8-9,14H2. The Kier molecular flexibility index (Phi) is 5.31. The highest BCUT2D eigenvalue weighted by molar-refractivity contribution is 6.17. The Hall–Kier alpha value is -3.55. The Morgan fingerprint density at radius 1 is 1.00 bits per heavy atom. The highest BCUT2D eigenvalue weighted by Crippen LogP contribution is 2.36. The number of carbonyl (C=O) groups is 3. The second-order valence-corrected chi connectivity index (χ2v) is 7.61. The number of fused-ring (bicyclic) bond motifs is 1. The predicted octanol–water partition coefficient (Wildman–Crippen LogP) is 3.81. The van der Waals surface area contributed by atoms with E-state index in [-0.39, 0.29) is 35.9 Å². The van der Waals surface area contributed by atoms with Gasteiger partial charge in [0.15, 0.2) is 5.78 Å². The van der Waals surface area contributed by atoms with Crippen molar-refractivity contribution >= 4 is 29.1 Å². The summed E-state index contributed by atoms with van der Waals surface area (Å²) in [5.74, 6) is -0.860. The van der Waals surface area contributed by atoms with Crippen LogP contribution in [-0.4, -0.2) is 40.1 Å². The van der Waals surface area contributed by atoms with E-state index in [1.807, 2.05) is 6.07 Å². The number of non-ortho nitro benzene ring substituents is 1. The number of rotatable bonds is 5. The summed E-state index contributed by atoms with van der Waals surface area (Å²) in [6, 6.07) is 13.3. The molecule has 0 radical (unpaired) electrons. The van der Waals surface area contributed by atoms with Crippen LogP contribution in [-0.2, 0) is 4.79 Å². The molecule has 0 aromatic heterocycles. The predicted molar refractivity (Wildman–Crippen MR) is 109 cm³/mol. The number of amides is 3. The summed E-state index contributed by atoms with van der Waals surface area (Å²) in [4.78, 5) is 52.2. The van der Waals surface area contributed by atoms with E-state index >= 15 is 0 Å². The molecule has 2 atom stereocenters. The lowest BCUT2D eigenvalue weighted by molar-refractivity contribution is -0.384. The number of hydrogen-bond donors (Lipinski definition) is 0. The van der Waals surface area contributed by atoms with Crippen molar-refractivity contribution in [1.82, 2.24) is 4.90 Å². The summed E-state index contributed by atoms with van der Waals surface area (Å²) in [6.07, 6.45) is 3.17. The fraction of sp³-hybridized carbons (Fsp3) is 0.318. The summed E-state index contributed by atoms with van der Waals surface area (Å²) < 4.78 is 0. The van der Waals surface area contributed by atoms with E-state index in [9.17, 15) is 24.5 Å². The first-order valence-corrected chi connectivity index (χ1v) is 9.94. The molecule has 2 aromatic rings. The minimum absolute atomic E-state index is 0.103. The van der Waals surface area contributed by atoms with Crippen LogP contribution in [0.1, 0.15) is 36.0 Å². The zero-order chi connectivity index (χ0) is 21.3. The van der Waals surface area contributed by atoms with Crippen LogP contribution >= 0.6 is 0 Å². The zero-order valence-electron chi connectivity index (χ0n) is 16.3. The number of Topliss-reactive ketones (excluding diaryl/α,β-unsaturated/α-hetero) is 1. The largest absolute Gasteiger partial charge is 0.332 e. The maximum absolute atomic E-state index is 13.3. The maximum Gasteiger partial charge on any atom is 0.332 e. The van der Waals surface area contributed by atoms with Crippen LogP contribution < -0.4 is 4.90 Å². The third-order valence-corrected chi connectivity index (χ3v) is 5.83. The van der Waals surface area contributed by atoms with Crippen LogP contribution in [0.25, 0.3) is 0 Å². The van der Waals surface area contributed by atoms with E-state index in [1.54, 1.807) is 24.3 Å². The molecule has 8 heteroatoms. The molecule has 8 nitrogen and oxygen atoms in total. The molecule has 1 heterocycles. The van der Waals surface area contributed by atoms with Gasteiger partial charge >= 0.3 is 6.03 Å². The van der Waals surface area contributed by atoms with Gasteiger partial charge in [0, 0.05) is 23.7 Å². The fourth-order valence-corrected chi connectivity index (χ4v) is 4.32. The van der Waals surface area contributed by atoms with E-state index in [1.165, 1.54) is 34.1 Å². The number of anilines is 1. The molecular formula is C22H21N3O5. The van der Waals surface area contributed by atoms with Crippen molar-refractivity contribution in [2.75, 3.05) is 11.4 Å². The molecule has 0 spiro atoms. The average molecular weight is 407 g/mol. The lowest BCUT2D eigenvalue weighted by Crippen LogP contribution is -2.63. The molecule has 1 aliphatic heterocycles. The SMILES string of the molecule is O=C(CN1C(=O)N(c2ccccc2)C(=O)C2CCCCC21)c1ccc([N+](=O)[O-])cc1. The Balaban J connectivity index is 1.62. The molecule has 4 rings (SSSR count). The first-order chi connectivity index (χ1) is 14.5. The van der Waals surface area contributed by atoms with E-state index in [0.29, 0.717) is 24.1 Å². The molecule has 0 N–H and O–H groups in total. The van der Waals surface area contributed by atoms with Crippen molar-refractivity contribution in [1.29, 1.82) is 0 Å². The van der Waals surface area contributed by atoms with E-state index < -0.39 is 11.0 Å². The second-order valence-electron chi connectivity index (χ2n) is 7.61. The molecule has 2 fully saturated rings. The van der Waals surface area contributed by atoms with E-state index in [2.05, 4.69) is 0 Å². The van der Waals surface area contributed by atoms with Crippen LogP contribution in [0.4, 0.5) is 16.2 Å². The summed E-state index contributed by atoms with van der Waals surface area (Å²) in [7, 11) is 0. The molecule has 1 saturated carbocycles. The van der Waals surface area contributed by atoms with Crippen LogP contribution in [0.15, 0.2) is 54.6 Å². The van der Waals surface area contributed by atoms with Gasteiger partial charge < -0.3 is 4.90 Å². The van der Waals surface area contributed by atoms with Gasteiger partial charge in [0.05, 0.1) is 23.1 Å². The van der Waals surface area contributed by atoms with Crippen LogP contribution in [0.2, 0.25) is 0 Å². The zero-order valence-corrected chi connectivity index (χ0v) is 16.3. The maximum atomic E-state index is 13.3. The van der Waals surface area contributed by atoms with Gasteiger partial charge in [-0.15, -0.1) is 0 Å². The van der Waals surface area contributed by atoms with Gasteiger partial charge in [-0.3, -0.25) is 19.7 Å². The first-order valence-electron chi connectivity index (χ1n) is 9.94. The minimum atomic E-state index is -0.529.